The Hall–Kier alpha value is -0.640. The lowest BCUT2D eigenvalue weighted by atomic mass is 9.98. The number of hydrogen-bond acceptors (Lipinski definition) is 2. The normalized spacial score (nSPS) is 23.0. The van der Waals surface area contributed by atoms with Crippen molar-refractivity contribution < 1.29 is 9.13 Å². The Labute approximate surface area is 112 Å². The SMILES string of the molecule is CC(NC(C)C1CCOC1)c1ccc(Cl)c(F)c1. The summed E-state index contributed by atoms with van der Waals surface area (Å²) in [5.41, 5.74) is 0.919. The van der Waals surface area contributed by atoms with E-state index in [0.717, 1.165) is 25.2 Å². The average molecular weight is 272 g/mol. The lowest BCUT2D eigenvalue weighted by Crippen LogP contribution is -2.35. The van der Waals surface area contributed by atoms with Gasteiger partial charge in [0.25, 0.3) is 0 Å². The largest absolute Gasteiger partial charge is 0.381 e. The maximum absolute atomic E-state index is 13.4. The van der Waals surface area contributed by atoms with Crippen LogP contribution < -0.4 is 5.32 Å². The molecular weight excluding hydrogens is 253 g/mol. The minimum atomic E-state index is -0.361. The molecule has 1 aliphatic rings. The second-order valence-electron chi connectivity index (χ2n) is 4.97. The lowest BCUT2D eigenvalue weighted by Gasteiger charge is -2.24. The van der Waals surface area contributed by atoms with Gasteiger partial charge in [-0.2, -0.15) is 0 Å². The summed E-state index contributed by atoms with van der Waals surface area (Å²) in [6, 6.07) is 5.43. The van der Waals surface area contributed by atoms with Crippen molar-refractivity contribution >= 4 is 11.6 Å². The molecule has 0 spiro atoms. The van der Waals surface area contributed by atoms with Crippen molar-refractivity contribution in [1.82, 2.24) is 5.32 Å². The van der Waals surface area contributed by atoms with Crippen LogP contribution in [0.25, 0.3) is 0 Å². The van der Waals surface area contributed by atoms with Gasteiger partial charge in [0, 0.05) is 18.7 Å². The van der Waals surface area contributed by atoms with Crippen LogP contribution in [0.5, 0.6) is 0 Å². The molecule has 2 nitrogen and oxygen atoms in total. The first-order valence-electron chi connectivity index (χ1n) is 6.36. The van der Waals surface area contributed by atoms with E-state index < -0.39 is 0 Å². The van der Waals surface area contributed by atoms with Gasteiger partial charge in [0.1, 0.15) is 5.82 Å². The summed E-state index contributed by atoms with van der Waals surface area (Å²) >= 11 is 5.68. The Morgan fingerprint density at radius 3 is 2.83 bits per heavy atom. The van der Waals surface area contributed by atoms with Crippen LogP contribution in [0.4, 0.5) is 4.39 Å². The van der Waals surface area contributed by atoms with E-state index in [4.69, 9.17) is 16.3 Å². The fourth-order valence-electron chi connectivity index (χ4n) is 2.36. The molecule has 1 heterocycles. The molecule has 4 heteroatoms. The second-order valence-corrected chi connectivity index (χ2v) is 5.38. The van der Waals surface area contributed by atoms with Crippen LogP contribution in [0, 0.1) is 11.7 Å². The van der Waals surface area contributed by atoms with E-state index in [2.05, 4.69) is 12.2 Å². The molecule has 0 bridgehead atoms. The van der Waals surface area contributed by atoms with Gasteiger partial charge in [-0.15, -0.1) is 0 Å². The van der Waals surface area contributed by atoms with Gasteiger partial charge in [0.05, 0.1) is 11.6 Å². The van der Waals surface area contributed by atoms with E-state index >= 15 is 0 Å². The highest BCUT2D eigenvalue weighted by molar-refractivity contribution is 6.30. The molecule has 0 aliphatic carbocycles. The topological polar surface area (TPSA) is 21.3 Å². The monoisotopic (exact) mass is 271 g/mol. The molecule has 3 unspecified atom stereocenters. The van der Waals surface area contributed by atoms with Gasteiger partial charge in [0.2, 0.25) is 0 Å². The zero-order chi connectivity index (χ0) is 13.1. The first kappa shape index (κ1) is 13.8. The molecule has 18 heavy (non-hydrogen) atoms. The van der Waals surface area contributed by atoms with Crippen molar-refractivity contribution in [1.29, 1.82) is 0 Å². The fourth-order valence-corrected chi connectivity index (χ4v) is 2.47. The number of nitrogens with one attached hydrogen (secondary N) is 1. The Morgan fingerprint density at radius 1 is 1.44 bits per heavy atom. The van der Waals surface area contributed by atoms with Crippen LogP contribution in [0.3, 0.4) is 0 Å². The number of hydrogen-bond donors (Lipinski definition) is 1. The van der Waals surface area contributed by atoms with Crippen LogP contribution in [-0.4, -0.2) is 19.3 Å². The summed E-state index contributed by atoms with van der Waals surface area (Å²) in [6.07, 6.45) is 1.09. The predicted octanol–water partition coefficient (Wildman–Crippen LogP) is 3.55. The first-order chi connectivity index (χ1) is 8.58. The Bertz CT molecular complexity index is 407. The molecule has 1 fully saturated rings. The summed E-state index contributed by atoms with van der Waals surface area (Å²) in [7, 11) is 0. The molecule has 1 aliphatic heterocycles. The standard InChI is InChI=1S/C14H19ClFNO/c1-9(11-3-4-13(15)14(16)7-11)17-10(2)12-5-6-18-8-12/h3-4,7,9-10,12,17H,5-6,8H2,1-2H3. The molecule has 1 saturated heterocycles. The molecule has 1 aromatic rings. The summed E-state index contributed by atoms with van der Waals surface area (Å²) in [6.45, 7) is 5.85. The number of benzene rings is 1. The molecule has 2 rings (SSSR count). The zero-order valence-corrected chi connectivity index (χ0v) is 11.5. The highest BCUT2D eigenvalue weighted by Crippen LogP contribution is 2.23. The Kier molecular flexibility index (Phi) is 4.60. The molecule has 0 amide bonds. The lowest BCUT2D eigenvalue weighted by molar-refractivity contribution is 0.177. The maximum Gasteiger partial charge on any atom is 0.142 e. The minimum Gasteiger partial charge on any atom is -0.381 e. The summed E-state index contributed by atoms with van der Waals surface area (Å²) in [4.78, 5) is 0. The Morgan fingerprint density at radius 2 is 2.22 bits per heavy atom. The number of ether oxygens (including phenoxy) is 1. The molecule has 1 N–H and O–H groups in total. The van der Waals surface area contributed by atoms with Gasteiger partial charge >= 0.3 is 0 Å². The van der Waals surface area contributed by atoms with Crippen molar-refractivity contribution in [3.63, 3.8) is 0 Å². The minimum absolute atomic E-state index is 0.104. The predicted molar refractivity (Wildman–Crippen MR) is 71.3 cm³/mol. The third-order valence-corrected chi connectivity index (χ3v) is 3.94. The third-order valence-electron chi connectivity index (χ3n) is 3.63. The van der Waals surface area contributed by atoms with Crippen LogP contribution in [0.2, 0.25) is 5.02 Å². The summed E-state index contributed by atoms with van der Waals surface area (Å²) in [5.74, 6) is 0.185. The van der Waals surface area contributed by atoms with Crippen LogP contribution in [0.1, 0.15) is 31.9 Å². The second kappa shape index (κ2) is 6.00. The number of halogens is 2. The van der Waals surface area contributed by atoms with E-state index in [0.29, 0.717) is 12.0 Å². The van der Waals surface area contributed by atoms with E-state index in [9.17, 15) is 4.39 Å². The fraction of sp³-hybridized carbons (Fsp3) is 0.571. The molecular formula is C14H19ClFNO. The van der Waals surface area contributed by atoms with Gasteiger partial charge in [-0.3, -0.25) is 0 Å². The van der Waals surface area contributed by atoms with Crippen molar-refractivity contribution in [2.24, 2.45) is 5.92 Å². The van der Waals surface area contributed by atoms with Gasteiger partial charge in [-0.25, -0.2) is 4.39 Å². The molecule has 100 valence electrons. The molecule has 0 radical (unpaired) electrons. The molecule has 0 aromatic heterocycles. The Balaban J connectivity index is 1.97. The van der Waals surface area contributed by atoms with Crippen LogP contribution >= 0.6 is 11.6 Å². The van der Waals surface area contributed by atoms with E-state index in [1.807, 2.05) is 13.0 Å². The zero-order valence-electron chi connectivity index (χ0n) is 10.7. The average Bonchev–Trinajstić information content (AvgIpc) is 2.86. The van der Waals surface area contributed by atoms with Gasteiger partial charge < -0.3 is 10.1 Å². The molecule has 0 saturated carbocycles. The van der Waals surface area contributed by atoms with Gasteiger partial charge in [-0.1, -0.05) is 17.7 Å². The number of rotatable bonds is 4. The summed E-state index contributed by atoms with van der Waals surface area (Å²) < 4.78 is 18.8. The van der Waals surface area contributed by atoms with Crippen LogP contribution in [0.15, 0.2) is 18.2 Å². The van der Waals surface area contributed by atoms with Crippen molar-refractivity contribution in [3.05, 3.63) is 34.6 Å². The first-order valence-corrected chi connectivity index (χ1v) is 6.74. The van der Waals surface area contributed by atoms with E-state index in [-0.39, 0.29) is 16.9 Å². The van der Waals surface area contributed by atoms with E-state index in [1.165, 1.54) is 6.07 Å². The third kappa shape index (κ3) is 3.22. The molecule has 3 atom stereocenters. The van der Waals surface area contributed by atoms with Crippen LogP contribution in [-0.2, 0) is 4.74 Å². The molecule has 1 aromatic carbocycles. The highest BCUT2D eigenvalue weighted by atomic mass is 35.5. The van der Waals surface area contributed by atoms with Gasteiger partial charge in [-0.05, 0) is 43.9 Å². The van der Waals surface area contributed by atoms with Crippen molar-refractivity contribution in [3.8, 4) is 0 Å². The van der Waals surface area contributed by atoms with Crippen molar-refractivity contribution in [2.45, 2.75) is 32.4 Å². The van der Waals surface area contributed by atoms with E-state index in [1.54, 1.807) is 6.07 Å². The van der Waals surface area contributed by atoms with Gasteiger partial charge in [0.15, 0.2) is 0 Å². The smallest absolute Gasteiger partial charge is 0.142 e. The quantitative estimate of drug-likeness (QED) is 0.904. The summed E-state index contributed by atoms with van der Waals surface area (Å²) in [5, 5.41) is 3.66. The highest BCUT2D eigenvalue weighted by Gasteiger charge is 2.23. The van der Waals surface area contributed by atoms with Crippen molar-refractivity contribution in [2.75, 3.05) is 13.2 Å². The maximum atomic E-state index is 13.4.